The highest BCUT2D eigenvalue weighted by molar-refractivity contribution is 5.75. The summed E-state index contributed by atoms with van der Waals surface area (Å²) in [6.07, 6.45) is 5.71. The van der Waals surface area contributed by atoms with Crippen molar-refractivity contribution in [3.05, 3.63) is 41.7 Å². The van der Waals surface area contributed by atoms with E-state index in [1.54, 1.807) is 14.1 Å². The van der Waals surface area contributed by atoms with Crippen molar-refractivity contribution in [1.29, 1.82) is 0 Å². The molecule has 0 unspecified atom stereocenters. The SMILES string of the molecule is CN(C)C(=O)n1nnc(CNC(=O)CCCCCCc2ccccc2)n1. The van der Waals surface area contributed by atoms with Crippen LogP contribution in [0, 0.1) is 0 Å². The quantitative estimate of drug-likeness (QED) is 0.692. The van der Waals surface area contributed by atoms with Gasteiger partial charge in [-0.15, -0.1) is 10.2 Å². The average Bonchev–Trinajstić information content (AvgIpc) is 3.12. The van der Waals surface area contributed by atoms with Crippen molar-refractivity contribution in [2.75, 3.05) is 14.1 Å². The number of tetrazole rings is 1. The van der Waals surface area contributed by atoms with Gasteiger partial charge in [-0.1, -0.05) is 48.0 Å². The van der Waals surface area contributed by atoms with Crippen molar-refractivity contribution in [3.8, 4) is 0 Å². The molecule has 1 aromatic heterocycles. The van der Waals surface area contributed by atoms with Crippen LogP contribution in [0.2, 0.25) is 0 Å². The van der Waals surface area contributed by atoms with Crippen molar-refractivity contribution in [2.45, 2.75) is 45.1 Å². The Labute approximate surface area is 153 Å². The predicted molar refractivity (Wildman–Crippen MR) is 97.4 cm³/mol. The fraction of sp³-hybridized carbons (Fsp3) is 0.500. The molecule has 1 aromatic carbocycles. The molecule has 0 aliphatic rings. The molecule has 1 heterocycles. The molecule has 0 aliphatic carbocycles. The minimum Gasteiger partial charge on any atom is -0.349 e. The lowest BCUT2D eigenvalue weighted by molar-refractivity contribution is -0.121. The highest BCUT2D eigenvalue weighted by Crippen LogP contribution is 2.08. The van der Waals surface area contributed by atoms with Crippen molar-refractivity contribution in [2.24, 2.45) is 0 Å². The van der Waals surface area contributed by atoms with Crippen molar-refractivity contribution >= 4 is 11.9 Å². The van der Waals surface area contributed by atoms with Crippen LogP contribution in [0.1, 0.15) is 43.5 Å². The van der Waals surface area contributed by atoms with E-state index in [1.165, 1.54) is 10.5 Å². The molecule has 2 aromatic rings. The van der Waals surface area contributed by atoms with E-state index < -0.39 is 0 Å². The second-order valence-corrected chi connectivity index (χ2v) is 6.35. The number of carbonyl (C=O) groups excluding carboxylic acids is 2. The van der Waals surface area contributed by atoms with Gasteiger partial charge < -0.3 is 10.2 Å². The summed E-state index contributed by atoms with van der Waals surface area (Å²) in [7, 11) is 3.21. The van der Waals surface area contributed by atoms with Gasteiger partial charge in [-0.3, -0.25) is 4.79 Å². The molecule has 2 rings (SSSR count). The van der Waals surface area contributed by atoms with E-state index in [9.17, 15) is 9.59 Å². The maximum Gasteiger partial charge on any atom is 0.362 e. The number of nitrogens with zero attached hydrogens (tertiary/aromatic N) is 5. The molecule has 8 nitrogen and oxygen atoms in total. The van der Waals surface area contributed by atoms with E-state index in [1.807, 2.05) is 6.07 Å². The molecule has 2 amide bonds. The molecule has 0 spiro atoms. The predicted octanol–water partition coefficient (Wildman–Crippen LogP) is 2.01. The Bertz CT molecular complexity index is 699. The lowest BCUT2D eigenvalue weighted by Crippen LogP contribution is -2.29. The van der Waals surface area contributed by atoms with E-state index >= 15 is 0 Å². The van der Waals surface area contributed by atoms with Gasteiger partial charge in [0.1, 0.15) is 0 Å². The Hall–Kier alpha value is -2.77. The third kappa shape index (κ3) is 6.62. The normalized spacial score (nSPS) is 10.5. The number of amides is 2. The van der Waals surface area contributed by atoms with Gasteiger partial charge in [0.2, 0.25) is 5.91 Å². The first-order valence-electron chi connectivity index (χ1n) is 8.87. The smallest absolute Gasteiger partial charge is 0.349 e. The summed E-state index contributed by atoms with van der Waals surface area (Å²) in [4.78, 5) is 25.8. The van der Waals surface area contributed by atoms with E-state index in [0.717, 1.165) is 36.9 Å². The van der Waals surface area contributed by atoms with Crippen LogP contribution < -0.4 is 5.32 Å². The summed E-state index contributed by atoms with van der Waals surface area (Å²) in [5.74, 6) is 0.278. The fourth-order valence-electron chi connectivity index (χ4n) is 2.45. The first-order valence-corrected chi connectivity index (χ1v) is 8.87. The molecule has 0 fully saturated rings. The number of hydrogen-bond acceptors (Lipinski definition) is 5. The Morgan fingerprint density at radius 2 is 1.81 bits per heavy atom. The van der Waals surface area contributed by atoms with Crippen LogP contribution in [0.15, 0.2) is 30.3 Å². The van der Waals surface area contributed by atoms with E-state index in [0.29, 0.717) is 12.2 Å². The van der Waals surface area contributed by atoms with Crippen LogP contribution in [0.5, 0.6) is 0 Å². The van der Waals surface area contributed by atoms with Gasteiger partial charge in [0, 0.05) is 20.5 Å². The van der Waals surface area contributed by atoms with Crippen LogP contribution in [0.25, 0.3) is 0 Å². The summed E-state index contributed by atoms with van der Waals surface area (Å²) >= 11 is 0. The topological polar surface area (TPSA) is 93.0 Å². The molecule has 0 bridgehead atoms. The number of benzene rings is 1. The number of rotatable bonds is 9. The largest absolute Gasteiger partial charge is 0.362 e. The van der Waals surface area contributed by atoms with Crippen LogP contribution in [-0.2, 0) is 17.8 Å². The molecule has 26 heavy (non-hydrogen) atoms. The molecule has 0 saturated carbocycles. The zero-order valence-corrected chi connectivity index (χ0v) is 15.4. The van der Waals surface area contributed by atoms with Gasteiger partial charge in [0.05, 0.1) is 6.54 Å². The Morgan fingerprint density at radius 3 is 2.54 bits per heavy atom. The molecular formula is C18H26N6O2. The number of nitrogens with one attached hydrogen (secondary N) is 1. The highest BCUT2D eigenvalue weighted by atomic mass is 16.2. The molecular weight excluding hydrogens is 332 g/mol. The zero-order valence-electron chi connectivity index (χ0n) is 15.4. The second-order valence-electron chi connectivity index (χ2n) is 6.35. The number of carbonyl (C=O) groups is 2. The Kier molecular flexibility index (Phi) is 7.73. The van der Waals surface area contributed by atoms with Gasteiger partial charge in [-0.25, -0.2) is 4.79 Å². The number of hydrogen-bond donors (Lipinski definition) is 1. The second kappa shape index (κ2) is 10.3. The van der Waals surface area contributed by atoms with E-state index in [2.05, 4.69) is 45.0 Å². The molecule has 1 N–H and O–H groups in total. The summed E-state index contributed by atoms with van der Waals surface area (Å²) in [6.45, 7) is 0.174. The van der Waals surface area contributed by atoms with Gasteiger partial charge in [0.25, 0.3) is 0 Å². The highest BCUT2D eigenvalue weighted by Gasteiger charge is 2.12. The maximum absolute atomic E-state index is 11.9. The van der Waals surface area contributed by atoms with Gasteiger partial charge in [-0.2, -0.15) is 0 Å². The molecule has 8 heteroatoms. The maximum atomic E-state index is 11.9. The van der Waals surface area contributed by atoms with Gasteiger partial charge >= 0.3 is 6.03 Å². The fourth-order valence-corrected chi connectivity index (χ4v) is 2.45. The van der Waals surface area contributed by atoms with E-state index in [-0.39, 0.29) is 18.5 Å². The lowest BCUT2D eigenvalue weighted by atomic mass is 10.1. The van der Waals surface area contributed by atoms with Crippen molar-refractivity contribution < 1.29 is 9.59 Å². The molecule has 0 atom stereocenters. The van der Waals surface area contributed by atoms with Crippen LogP contribution in [-0.4, -0.2) is 51.1 Å². The third-order valence-electron chi connectivity index (χ3n) is 3.91. The minimum atomic E-state index is -0.384. The first-order chi connectivity index (χ1) is 12.6. The van der Waals surface area contributed by atoms with Gasteiger partial charge in [0.15, 0.2) is 5.82 Å². The number of aromatic nitrogens is 4. The van der Waals surface area contributed by atoms with Crippen LogP contribution in [0.3, 0.4) is 0 Å². The minimum absolute atomic E-state index is 0.0386. The van der Waals surface area contributed by atoms with Crippen LogP contribution >= 0.6 is 0 Å². The average molecular weight is 358 g/mol. The standard InChI is InChI=1S/C18H26N6O2/c1-23(2)18(26)24-21-16(20-22-24)14-19-17(25)13-9-4-3-6-10-15-11-7-5-8-12-15/h5,7-8,11-12H,3-4,6,9-10,13-14H2,1-2H3,(H,19,25). The lowest BCUT2D eigenvalue weighted by Gasteiger charge is -2.06. The van der Waals surface area contributed by atoms with Crippen molar-refractivity contribution in [1.82, 2.24) is 30.4 Å². The molecule has 0 radical (unpaired) electrons. The zero-order chi connectivity index (χ0) is 18.8. The third-order valence-corrected chi connectivity index (χ3v) is 3.91. The summed E-state index contributed by atoms with van der Waals surface area (Å²) < 4.78 is 0. The summed E-state index contributed by atoms with van der Waals surface area (Å²) in [5, 5.41) is 14.1. The molecule has 0 aliphatic heterocycles. The molecule has 140 valence electrons. The first kappa shape index (κ1) is 19.6. The number of aryl methyl sites for hydroxylation is 1. The monoisotopic (exact) mass is 358 g/mol. The summed E-state index contributed by atoms with van der Waals surface area (Å²) in [6, 6.07) is 10.0. The summed E-state index contributed by atoms with van der Waals surface area (Å²) in [5.41, 5.74) is 1.36. The Morgan fingerprint density at radius 1 is 1.08 bits per heavy atom. The van der Waals surface area contributed by atoms with Gasteiger partial charge in [-0.05, 0) is 30.0 Å². The van der Waals surface area contributed by atoms with E-state index in [4.69, 9.17) is 0 Å². The Balaban J connectivity index is 1.56. The van der Waals surface area contributed by atoms with Crippen LogP contribution in [0.4, 0.5) is 4.79 Å². The number of unbranched alkanes of at least 4 members (excludes halogenated alkanes) is 3. The molecule has 0 saturated heterocycles. The van der Waals surface area contributed by atoms with Crippen molar-refractivity contribution in [3.63, 3.8) is 0 Å².